The Hall–Kier alpha value is -1.11. The van der Waals surface area contributed by atoms with Gasteiger partial charge in [-0.05, 0) is 13.0 Å². The highest BCUT2D eigenvalue weighted by Gasteiger charge is 2.22. The van der Waals surface area contributed by atoms with Gasteiger partial charge < -0.3 is 4.74 Å². The van der Waals surface area contributed by atoms with Gasteiger partial charge in [-0.3, -0.25) is 0 Å². The standard InChI is InChI=1S/C13H22N2O3S/c1-5-15(6-2)19(16,17)14-11(3)12-9-7-8-10-13(12)18-4/h7-11,14H,5-6H2,1-4H3/t11-/m0/s1. The molecule has 0 aliphatic carbocycles. The van der Waals surface area contributed by atoms with Crippen LogP contribution in [0.3, 0.4) is 0 Å². The first-order valence-corrected chi connectivity index (χ1v) is 7.80. The van der Waals surface area contributed by atoms with Crippen molar-refractivity contribution in [2.24, 2.45) is 0 Å². The first-order chi connectivity index (χ1) is 8.96. The summed E-state index contributed by atoms with van der Waals surface area (Å²) < 4.78 is 33.6. The van der Waals surface area contributed by atoms with Crippen LogP contribution < -0.4 is 9.46 Å². The van der Waals surface area contributed by atoms with Crippen LogP contribution in [0.5, 0.6) is 5.75 Å². The average Bonchev–Trinajstić information content (AvgIpc) is 2.39. The number of benzene rings is 1. The molecule has 108 valence electrons. The number of methoxy groups -OCH3 is 1. The lowest BCUT2D eigenvalue weighted by molar-refractivity contribution is 0.401. The maximum atomic E-state index is 12.2. The predicted molar refractivity (Wildman–Crippen MR) is 76.4 cm³/mol. The van der Waals surface area contributed by atoms with Crippen LogP contribution in [0.2, 0.25) is 0 Å². The molecule has 0 saturated carbocycles. The Balaban J connectivity index is 2.93. The molecular formula is C13H22N2O3S. The maximum absolute atomic E-state index is 12.2. The summed E-state index contributed by atoms with van der Waals surface area (Å²) in [5.41, 5.74) is 0.820. The number of nitrogens with zero attached hydrogens (tertiary/aromatic N) is 1. The Morgan fingerprint density at radius 3 is 2.37 bits per heavy atom. The van der Waals surface area contributed by atoms with Crippen LogP contribution in [0.15, 0.2) is 24.3 Å². The van der Waals surface area contributed by atoms with E-state index in [0.717, 1.165) is 5.56 Å². The molecule has 0 amide bonds. The van der Waals surface area contributed by atoms with E-state index in [1.165, 1.54) is 4.31 Å². The van der Waals surface area contributed by atoms with E-state index in [9.17, 15) is 8.42 Å². The van der Waals surface area contributed by atoms with Gasteiger partial charge in [0, 0.05) is 24.7 Å². The quantitative estimate of drug-likeness (QED) is 0.833. The van der Waals surface area contributed by atoms with Gasteiger partial charge in [0.1, 0.15) is 5.75 Å². The Morgan fingerprint density at radius 2 is 1.84 bits per heavy atom. The van der Waals surface area contributed by atoms with Gasteiger partial charge in [-0.2, -0.15) is 17.4 Å². The molecule has 5 nitrogen and oxygen atoms in total. The third kappa shape index (κ3) is 3.92. The zero-order chi connectivity index (χ0) is 14.5. The van der Waals surface area contributed by atoms with Crippen LogP contribution in [0.25, 0.3) is 0 Å². The summed E-state index contributed by atoms with van der Waals surface area (Å²) in [6.07, 6.45) is 0. The number of hydrogen-bond donors (Lipinski definition) is 1. The van der Waals surface area contributed by atoms with E-state index in [-0.39, 0.29) is 6.04 Å². The van der Waals surface area contributed by atoms with E-state index in [1.54, 1.807) is 14.0 Å². The number of ether oxygens (including phenoxy) is 1. The highest BCUT2D eigenvalue weighted by atomic mass is 32.2. The molecule has 19 heavy (non-hydrogen) atoms. The van der Waals surface area contributed by atoms with Crippen LogP contribution >= 0.6 is 0 Å². The molecule has 0 aromatic heterocycles. The van der Waals surface area contributed by atoms with Crippen molar-refractivity contribution in [3.63, 3.8) is 0 Å². The van der Waals surface area contributed by atoms with Crippen LogP contribution in [-0.4, -0.2) is 32.9 Å². The highest BCUT2D eigenvalue weighted by molar-refractivity contribution is 7.87. The van der Waals surface area contributed by atoms with E-state index in [1.807, 2.05) is 38.1 Å². The Bertz CT molecular complexity index is 498. The number of hydrogen-bond acceptors (Lipinski definition) is 3. The van der Waals surface area contributed by atoms with Gasteiger partial charge in [-0.15, -0.1) is 0 Å². The van der Waals surface area contributed by atoms with Gasteiger partial charge in [0.25, 0.3) is 10.2 Å². The fraction of sp³-hybridized carbons (Fsp3) is 0.538. The van der Waals surface area contributed by atoms with Crippen molar-refractivity contribution < 1.29 is 13.2 Å². The summed E-state index contributed by atoms with van der Waals surface area (Å²) in [6, 6.07) is 7.04. The molecule has 1 rings (SSSR count). The van der Waals surface area contributed by atoms with Gasteiger partial charge in [0.15, 0.2) is 0 Å². The van der Waals surface area contributed by atoms with E-state index >= 15 is 0 Å². The van der Waals surface area contributed by atoms with Gasteiger partial charge >= 0.3 is 0 Å². The van der Waals surface area contributed by atoms with Crippen molar-refractivity contribution >= 4 is 10.2 Å². The monoisotopic (exact) mass is 286 g/mol. The molecule has 6 heteroatoms. The molecule has 1 aromatic rings. The molecular weight excluding hydrogens is 264 g/mol. The predicted octanol–water partition coefficient (Wildman–Crippen LogP) is 1.93. The third-order valence-electron chi connectivity index (χ3n) is 2.98. The van der Waals surface area contributed by atoms with Gasteiger partial charge in [-0.1, -0.05) is 32.0 Å². The zero-order valence-corrected chi connectivity index (χ0v) is 12.7. The molecule has 0 bridgehead atoms. The zero-order valence-electron chi connectivity index (χ0n) is 11.9. The fourth-order valence-electron chi connectivity index (χ4n) is 1.95. The van der Waals surface area contributed by atoms with Crippen molar-refractivity contribution in [1.29, 1.82) is 0 Å². The van der Waals surface area contributed by atoms with E-state index < -0.39 is 10.2 Å². The topological polar surface area (TPSA) is 58.6 Å². The lowest BCUT2D eigenvalue weighted by Gasteiger charge is -2.23. The molecule has 0 aliphatic rings. The lowest BCUT2D eigenvalue weighted by Crippen LogP contribution is -2.41. The minimum atomic E-state index is -3.47. The molecule has 1 aromatic carbocycles. The molecule has 1 N–H and O–H groups in total. The normalized spacial score (nSPS) is 13.5. The highest BCUT2D eigenvalue weighted by Crippen LogP contribution is 2.25. The van der Waals surface area contributed by atoms with Crippen molar-refractivity contribution in [3.8, 4) is 5.75 Å². The molecule has 1 atom stereocenters. The van der Waals surface area contributed by atoms with Gasteiger partial charge in [-0.25, -0.2) is 0 Å². The second-order valence-electron chi connectivity index (χ2n) is 4.17. The number of rotatable bonds is 7. The van der Waals surface area contributed by atoms with Crippen LogP contribution in [0.1, 0.15) is 32.4 Å². The molecule has 0 spiro atoms. The van der Waals surface area contributed by atoms with E-state index in [0.29, 0.717) is 18.8 Å². The Morgan fingerprint density at radius 1 is 1.26 bits per heavy atom. The Labute approximate surface area is 115 Å². The summed E-state index contributed by atoms with van der Waals surface area (Å²) in [5, 5.41) is 0. The second kappa shape index (κ2) is 6.88. The first-order valence-electron chi connectivity index (χ1n) is 6.36. The van der Waals surface area contributed by atoms with Crippen LogP contribution in [-0.2, 0) is 10.2 Å². The third-order valence-corrected chi connectivity index (χ3v) is 4.82. The smallest absolute Gasteiger partial charge is 0.279 e. The van der Waals surface area contributed by atoms with Crippen molar-refractivity contribution in [3.05, 3.63) is 29.8 Å². The molecule has 0 saturated heterocycles. The van der Waals surface area contributed by atoms with Crippen molar-refractivity contribution in [2.75, 3.05) is 20.2 Å². The Kier molecular flexibility index (Phi) is 5.78. The van der Waals surface area contributed by atoms with Crippen LogP contribution in [0.4, 0.5) is 0 Å². The number of nitrogens with one attached hydrogen (secondary N) is 1. The first kappa shape index (κ1) is 15.9. The van der Waals surface area contributed by atoms with Gasteiger partial charge in [0.05, 0.1) is 7.11 Å². The summed E-state index contributed by atoms with van der Waals surface area (Å²) >= 11 is 0. The van der Waals surface area contributed by atoms with E-state index in [2.05, 4.69) is 4.72 Å². The molecule has 0 radical (unpaired) electrons. The SMILES string of the molecule is CCN(CC)S(=O)(=O)N[C@@H](C)c1ccccc1OC. The summed E-state index contributed by atoms with van der Waals surface area (Å²) in [4.78, 5) is 0. The maximum Gasteiger partial charge on any atom is 0.279 e. The summed E-state index contributed by atoms with van der Waals surface area (Å²) in [6.45, 7) is 6.33. The molecule has 0 unspecified atom stereocenters. The minimum Gasteiger partial charge on any atom is -0.496 e. The summed E-state index contributed by atoms with van der Waals surface area (Å²) in [7, 11) is -1.89. The van der Waals surface area contributed by atoms with Crippen LogP contribution in [0, 0.1) is 0 Å². The molecule has 0 aliphatic heterocycles. The van der Waals surface area contributed by atoms with Gasteiger partial charge in [0.2, 0.25) is 0 Å². The second-order valence-corrected chi connectivity index (χ2v) is 5.87. The minimum absolute atomic E-state index is 0.346. The van der Waals surface area contributed by atoms with Crippen molar-refractivity contribution in [2.45, 2.75) is 26.8 Å². The lowest BCUT2D eigenvalue weighted by atomic mass is 10.1. The number of para-hydroxylation sites is 1. The van der Waals surface area contributed by atoms with E-state index in [4.69, 9.17) is 4.74 Å². The fourth-order valence-corrected chi connectivity index (χ4v) is 3.35. The largest absolute Gasteiger partial charge is 0.496 e. The average molecular weight is 286 g/mol. The molecule has 0 fully saturated rings. The summed E-state index contributed by atoms with van der Waals surface area (Å²) in [5.74, 6) is 0.678. The van der Waals surface area contributed by atoms with Crippen molar-refractivity contribution in [1.82, 2.24) is 9.03 Å². The molecule has 0 heterocycles.